The fraction of sp³-hybridized carbons (Fsp3) is 0.304. The Balaban J connectivity index is 1.56. The van der Waals surface area contributed by atoms with E-state index in [9.17, 15) is 4.79 Å². The third kappa shape index (κ3) is 3.83. The van der Waals surface area contributed by atoms with Gasteiger partial charge >= 0.3 is 0 Å². The summed E-state index contributed by atoms with van der Waals surface area (Å²) in [5, 5.41) is 7.77. The summed E-state index contributed by atoms with van der Waals surface area (Å²) in [5.74, 6) is 0.817. The zero-order valence-electron chi connectivity index (χ0n) is 16.7. The molecule has 1 amide bonds. The summed E-state index contributed by atoms with van der Waals surface area (Å²) in [6.45, 7) is 0.737. The number of aromatic nitrogens is 2. The van der Waals surface area contributed by atoms with Crippen LogP contribution in [0, 0.1) is 0 Å². The molecule has 1 N–H and O–H groups in total. The Labute approximate surface area is 170 Å². The molecular weight excluding hydrogens is 366 g/mol. The summed E-state index contributed by atoms with van der Waals surface area (Å²) in [4.78, 5) is 13.0. The van der Waals surface area contributed by atoms with E-state index in [2.05, 4.69) is 27.2 Å². The highest BCUT2D eigenvalue weighted by atomic mass is 16.5. The highest BCUT2D eigenvalue weighted by Gasteiger charge is 2.27. The fourth-order valence-corrected chi connectivity index (χ4v) is 3.96. The second-order valence-corrected chi connectivity index (χ2v) is 7.15. The molecule has 1 atom stereocenters. The van der Waals surface area contributed by atoms with E-state index in [4.69, 9.17) is 9.47 Å². The average molecular weight is 391 g/mol. The highest BCUT2D eigenvalue weighted by Crippen LogP contribution is 2.33. The standard InChI is InChI=1S/C23H25N3O3/c1-28-21-13-6-10-17(22(21)29-2)23(27)25-19-11-7-12-20-18(19)14-24-26(20)15-16-8-4-3-5-9-16/h3-6,8-10,13-14,19H,7,11-12,15H2,1-2H3,(H,25,27). The molecule has 6 heteroatoms. The zero-order chi connectivity index (χ0) is 20.2. The second kappa shape index (κ2) is 8.39. The molecule has 1 unspecified atom stereocenters. The number of nitrogens with one attached hydrogen (secondary N) is 1. The SMILES string of the molecule is COc1cccc(C(=O)NC2CCCc3c2cnn3Cc2ccccc2)c1OC. The summed E-state index contributed by atoms with van der Waals surface area (Å²) in [5.41, 5.74) is 3.98. The van der Waals surface area contributed by atoms with Crippen molar-refractivity contribution in [2.75, 3.05) is 14.2 Å². The molecule has 4 rings (SSSR count). The molecule has 1 aromatic heterocycles. The lowest BCUT2D eigenvalue weighted by atomic mass is 9.92. The normalized spacial score (nSPS) is 15.4. The van der Waals surface area contributed by atoms with Crippen molar-refractivity contribution in [3.8, 4) is 11.5 Å². The predicted molar refractivity (Wildman–Crippen MR) is 110 cm³/mol. The first-order chi connectivity index (χ1) is 14.2. The van der Waals surface area contributed by atoms with Crippen molar-refractivity contribution in [2.45, 2.75) is 31.8 Å². The summed E-state index contributed by atoms with van der Waals surface area (Å²) >= 11 is 0. The number of benzene rings is 2. The topological polar surface area (TPSA) is 65.4 Å². The van der Waals surface area contributed by atoms with Gasteiger partial charge in [0, 0.05) is 11.3 Å². The monoisotopic (exact) mass is 391 g/mol. The molecule has 0 aliphatic heterocycles. The lowest BCUT2D eigenvalue weighted by molar-refractivity contribution is 0.0929. The van der Waals surface area contributed by atoms with Crippen LogP contribution in [0.15, 0.2) is 54.7 Å². The molecule has 150 valence electrons. The fourth-order valence-electron chi connectivity index (χ4n) is 3.96. The van der Waals surface area contributed by atoms with Crippen LogP contribution in [0.3, 0.4) is 0 Å². The number of carbonyl (C=O) groups excluding carboxylic acids is 1. The number of amides is 1. The van der Waals surface area contributed by atoms with Gasteiger partial charge in [-0.05, 0) is 37.0 Å². The number of methoxy groups -OCH3 is 2. The van der Waals surface area contributed by atoms with Crippen molar-refractivity contribution in [1.82, 2.24) is 15.1 Å². The maximum atomic E-state index is 13.0. The summed E-state index contributed by atoms with van der Waals surface area (Å²) < 4.78 is 12.8. The molecule has 0 radical (unpaired) electrons. The number of para-hydroxylation sites is 1. The first kappa shape index (κ1) is 19.1. The first-order valence-corrected chi connectivity index (χ1v) is 9.81. The average Bonchev–Trinajstić information content (AvgIpc) is 3.17. The molecule has 0 spiro atoms. The van der Waals surface area contributed by atoms with Crippen molar-refractivity contribution in [2.24, 2.45) is 0 Å². The van der Waals surface area contributed by atoms with Gasteiger partial charge in [0.1, 0.15) is 0 Å². The minimum atomic E-state index is -0.172. The predicted octanol–water partition coefficient (Wildman–Crippen LogP) is 3.76. The lowest BCUT2D eigenvalue weighted by Gasteiger charge is -2.25. The van der Waals surface area contributed by atoms with Crippen molar-refractivity contribution in [3.63, 3.8) is 0 Å². The molecule has 0 bridgehead atoms. The van der Waals surface area contributed by atoms with Crippen molar-refractivity contribution in [1.29, 1.82) is 0 Å². The largest absolute Gasteiger partial charge is 0.493 e. The van der Waals surface area contributed by atoms with E-state index < -0.39 is 0 Å². The molecular formula is C23H25N3O3. The number of hydrogen-bond acceptors (Lipinski definition) is 4. The minimum Gasteiger partial charge on any atom is -0.493 e. The van der Waals surface area contributed by atoms with E-state index in [1.807, 2.05) is 24.4 Å². The maximum absolute atomic E-state index is 13.0. The van der Waals surface area contributed by atoms with E-state index in [0.29, 0.717) is 17.1 Å². The molecule has 1 aliphatic carbocycles. The Hall–Kier alpha value is -3.28. The molecule has 3 aromatic rings. The Morgan fingerprint density at radius 2 is 1.97 bits per heavy atom. The van der Waals surface area contributed by atoms with Gasteiger partial charge in [0.2, 0.25) is 0 Å². The van der Waals surface area contributed by atoms with Gasteiger partial charge in [-0.2, -0.15) is 5.10 Å². The van der Waals surface area contributed by atoms with Gasteiger partial charge in [-0.15, -0.1) is 0 Å². The van der Waals surface area contributed by atoms with Gasteiger partial charge in [0.05, 0.1) is 38.6 Å². The van der Waals surface area contributed by atoms with E-state index in [1.165, 1.54) is 11.3 Å². The van der Waals surface area contributed by atoms with Crippen LogP contribution < -0.4 is 14.8 Å². The van der Waals surface area contributed by atoms with E-state index in [1.54, 1.807) is 32.4 Å². The minimum absolute atomic E-state index is 0.0633. The summed E-state index contributed by atoms with van der Waals surface area (Å²) in [6.07, 6.45) is 4.76. The number of hydrogen-bond donors (Lipinski definition) is 1. The zero-order valence-corrected chi connectivity index (χ0v) is 16.7. The molecule has 2 aromatic carbocycles. The number of carbonyl (C=O) groups is 1. The Bertz CT molecular complexity index is 998. The summed E-state index contributed by atoms with van der Waals surface area (Å²) in [7, 11) is 3.11. The van der Waals surface area contributed by atoms with Crippen LogP contribution in [0.5, 0.6) is 11.5 Å². The maximum Gasteiger partial charge on any atom is 0.255 e. The van der Waals surface area contributed by atoms with Crippen LogP contribution >= 0.6 is 0 Å². The van der Waals surface area contributed by atoms with Crippen LogP contribution in [-0.4, -0.2) is 29.9 Å². The van der Waals surface area contributed by atoms with Crippen LogP contribution in [0.2, 0.25) is 0 Å². The third-order valence-corrected chi connectivity index (χ3v) is 5.39. The third-order valence-electron chi connectivity index (χ3n) is 5.39. The van der Waals surface area contributed by atoms with E-state index >= 15 is 0 Å². The smallest absolute Gasteiger partial charge is 0.255 e. The van der Waals surface area contributed by atoms with Crippen molar-refractivity contribution in [3.05, 3.63) is 77.1 Å². The van der Waals surface area contributed by atoms with Crippen molar-refractivity contribution < 1.29 is 14.3 Å². The molecule has 6 nitrogen and oxygen atoms in total. The molecule has 1 heterocycles. The molecule has 0 saturated carbocycles. The van der Waals surface area contributed by atoms with Gasteiger partial charge < -0.3 is 14.8 Å². The molecule has 0 saturated heterocycles. The van der Waals surface area contributed by atoms with Crippen LogP contribution in [0.1, 0.15) is 46.1 Å². The highest BCUT2D eigenvalue weighted by molar-refractivity contribution is 5.98. The molecule has 0 fully saturated rings. The van der Waals surface area contributed by atoms with Crippen molar-refractivity contribution >= 4 is 5.91 Å². The van der Waals surface area contributed by atoms with Gasteiger partial charge in [0.25, 0.3) is 5.91 Å². The van der Waals surface area contributed by atoms with Crippen LogP contribution in [0.25, 0.3) is 0 Å². The Morgan fingerprint density at radius 3 is 2.72 bits per heavy atom. The number of ether oxygens (including phenoxy) is 2. The Kier molecular flexibility index (Phi) is 5.51. The van der Waals surface area contributed by atoms with E-state index in [0.717, 1.165) is 31.4 Å². The van der Waals surface area contributed by atoms with Crippen LogP contribution in [0.4, 0.5) is 0 Å². The van der Waals surface area contributed by atoms with Crippen LogP contribution in [-0.2, 0) is 13.0 Å². The summed E-state index contributed by atoms with van der Waals surface area (Å²) in [6, 6.07) is 15.6. The quantitative estimate of drug-likeness (QED) is 0.695. The van der Waals surface area contributed by atoms with Gasteiger partial charge in [-0.1, -0.05) is 36.4 Å². The first-order valence-electron chi connectivity index (χ1n) is 9.81. The number of nitrogens with zero attached hydrogens (tertiary/aromatic N) is 2. The van der Waals surface area contributed by atoms with Gasteiger partial charge in [-0.3, -0.25) is 9.48 Å². The Morgan fingerprint density at radius 1 is 1.14 bits per heavy atom. The van der Waals surface area contributed by atoms with Gasteiger partial charge in [-0.25, -0.2) is 0 Å². The van der Waals surface area contributed by atoms with Gasteiger partial charge in [0.15, 0.2) is 11.5 Å². The van der Waals surface area contributed by atoms with E-state index in [-0.39, 0.29) is 11.9 Å². The molecule has 1 aliphatic rings. The number of rotatable bonds is 6. The number of fused-ring (bicyclic) bond motifs is 1. The molecule has 29 heavy (non-hydrogen) atoms. The second-order valence-electron chi connectivity index (χ2n) is 7.15. The lowest BCUT2D eigenvalue weighted by Crippen LogP contribution is -2.31.